The molecule has 2 aliphatic carbocycles. The molecule has 0 saturated heterocycles. The van der Waals surface area contributed by atoms with Crippen molar-refractivity contribution in [2.45, 2.75) is 88.8 Å². The number of H-pyrrole nitrogens is 1. The van der Waals surface area contributed by atoms with Gasteiger partial charge >= 0.3 is 5.97 Å². The predicted molar refractivity (Wildman–Crippen MR) is 94.8 cm³/mol. The highest BCUT2D eigenvalue weighted by molar-refractivity contribution is 5.73. The number of aromatic nitrogens is 2. The first-order valence-electron chi connectivity index (χ1n) is 9.37. The first-order chi connectivity index (χ1) is 11.6. The van der Waals surface area contributed by atoms with Crippen LogP contribution in [0.1, 0.15) is 69.9 Å². The quantitative estimate of drug-likeness (QED) is 0.661. The van der Waals surface area contributed by atoms with Crippen LogP contribution in [0.5, 0.6) is 0 Å². The van der Waals surface area contributed by atoms with Gasteiger partial charge in [-0.25, -0.2) is 4.98 Å². The Bertz CT molecular complexity index is 436. The van der Waals surface area contributed by atoms with Gasteiger partial charge in [0, 0.05) is 30.4 Å². The molecule has 0 spiro atoms. The number of aromatic amines is 1. The van der Waals surface area contributed by atoms with Crippen LogP contribution in [0, 0.1) is 0 Å². The number of hydrogen-bond donors (Lipinski definition) is 4. The van der Waals surface area contributed by atoms with Gasteiger partial charge in [0.1, 0.15) is 6.04 Å². The summed E-state index contributed by atoms with van der Waals surface area (Å²) in [6.45, 7) is 0. The Kier molecular flexibility index (Phi) is 8.25. The van der Waals surface area contributed by atoms with Crippen LogP contribution < -0.4 is 11.1 Å². The largest absolute Gasteiger partial charge is 0.480 e. The van der Waals surface area contributed by atoms with E-state index in [1.54, 1.807) is 6.20 Å². The molecule has 0 amide bonds. The first-order valence-corrected chi connectivity index (χ1v) is 9.37. The minimum absolute atomic E-state index is 0.287. The van der Waals surface area contributed by atoms with Crippen molar-refractivity contribution in [3.05, 3.63) is 18.2 Å². The SMILES string of the molecule is C1CCC(NC2CCCCC2)CC1.NC(Cc1cnc[nH]1)C(=O)O. The van der Waals surface area contributed by atoms with E-state index >= 15 is 0 Å². The van der Waals surface area contributed by atoms with Gasteiger partial charge in [0.05, 0.1) is 6.33 Å². The van der Waals surface area contributed by atoms with Crippen molar-refractivity contribution in [3.8, 4) is 0 Å². The summed E-state index contributed by atoms with van der Waals surface area (Å²) in [6, 6.07) is 0.893. The number of carboxylic acid groups (broad SMARTS) is 1. The van der Waals surface area contributed by atoms with E-state index in [1.165, 1.54) is 70.5 Å². The molecule has 136 valence electrons. The summed E-state index contributed by atoms with van der Waals surface area (Å²) in [4.78, 5) is 16.8. The van der Waals surface area contributed by atoms with Crippen LogP contribution in [0.25, 0.3) is 0 Å². The summed E-state index contributed by atoms with van der Waals surface area (Å²) in [5.41, 5.74) is 6.00. The second kappa shape index (κ2) is 10.5. The summed E-state index contributed by atoms with van der Waals surface area (Å²) in [5.74, 6) is -1.00. The molecule has 2 aliphatic rings. The molecular formula is C18H32N4O2. The standard InChI is InChI=1S/C12H23N.C6H9N3O2/c1-3-7-11(8-4-1)13-12-9-5-2-6-10-12;7-5(6(10)11)1-4-2-8-3-9-4/h11-13H,1-10H2;2-3,5H,1,7H2,(H,8,9)(H,10,11). The van der Waals surface area contributed by atoms with E-state index in [9.17, 15) is 4.79 Å². The molecule has 1 aromatic heterocycles. The highest BCUT2D eigenvalue weighted by Crippen LogP contribution is 2.22. The number of rotatable bonds is 5. The van der Waals surface area contributed by atoms with Gasteiger partial charge in [-0.3, -0.25) is 4.79 Å². The van der Waals surface area contributed by atoms with Gasteiger partial charge < -0.3 is 21.1 Å². The maximum Gasteiger partial charge on any atom is 0.320 e. The number of nitrogens with one attached hydrogen (secondary N) is 2. The molecule has 1 aromatic rings. The zero-order chi connectivity index (χ0) is 17.2. The van der Waals surface area contributed by atoms with Crippen molar-refractivity contribution >= 4 is 5.97 Å². The molecule has 0 aromatic carbocycles. The van der Waals surface area contributed by atoms with Gasteiger partial charge in [0.15, 0.2) is 0 Å². The van der Waals surface area contributed by atoms with Gasteiger partial charge in [-0.1, -0.05) is 38.5 Å². The molecule has 3 rings (SSSR count). The fraction of sp³-hybridized carbons (Fsp3) is 0.778. The second-order valence-corrected chi connectivity index (χ2v) is 7.06. The first kappa shape index (κ1) is 18.9. The fourth-order valence-corrected chi connectivity index (χ4v) is 3.59. The van der Waals surface area contributed by atoms with E-state index in [2.05, 4.69) is 15.3 Å². The Morgan fingerprint density at radius 2 is 1.71 bits per heavy atom. The lowest BCUT2D eigenvalue weighted by molar-refractivity contribution is -0.138. The van der Waals surface area contributed by atoms with Crippen molar-refractivity contribution in [2.75, 3.05) is 0 Å². The maximum absolute atomic E-state index is 10.3. The second-order valence-electron chi connectivity index (χ2n) is 7.06. The fourth-order valence-electron chi connectivity index (χ4n) is 3.59. The van der Waals surface area contributed by atoms with E-state index in [1.807, 2.05) is 0 Å². The van der Waals surface area contributed by atoms with Crippen molar-refractivity contribution in [2.24, 2.45) is 5.73 Å². The van der Waals surface area contributed by atoms with Gasteiger partial charge in [-0.2, -0.15) is 0 Å². The summed E-state index contributed by atoms with van der Waals surface area (Å²) >= 11 is 0. The Hall–Kier alpha value is -1.40. The predicted octanol–water partition coefficient (Wildman–Crippen LogP) is 2.61. The monoisotopic (exact) mass is 336 g/mol. The summed E-state index contributed by atoms with van der Waals surface area (Å²) in [6.07, 6.45) is 17.9. The van der Waals surface area contributed by atoms with Crippen molar-refractivity contribution < 1.29 is 9.90 Å². The van der Waals surface area contributed by atoms with Crippen molar-refractivity contribution in [1.82, 2.24) is 15.3 Å². The Morgan fingerprint density at radius 3 is 2.12 bits per heavy atom. The van der Waals surface area contributed by atoms with Crippen LogP contribution in [0.3, 0.4) is 0 Å². The number of carboxylic acids is 1. The van der Waals surface area contributed by atoms with Crippen LogP contribution in [-0.2, 0) is 11.2 Å². The van der Waals surface area contributed by atoms with Gasteiger partial charge in [0.25, 0.3) is 0 Å². The third-order valence-corrected chi connectivity index (χ3v) is 4.99. The van der Waals surface area contributed by atoms with E-state index in [0.29, 0.717) is 0 Å². The average molecular weight is 336 g/mol. The van der Waals surface area contributed by atoms with E-state index in [0.717, 1.165) is 17.8 Å². The van der Waals surface area contributed by atoms with Gasteiger partial charge in [-0.15, -0.1) is 0 Å². The number of aliphatic carboxylic acids is 1. The minimum Gasteiger partial charge on any atom is -0.480 e. The topological polar surface area (TPSA) is 104 Å². The van der Waals surface area contributed by atoms with Gasteiger partial charge in [0.2, 0.25) is 0 Å². The van der Waals surface area contributed by atoms with E-state index in [-0.39, 0.29) is 6.42 Å². The highest BCUT2D eigenvalue weighted by atomic mass is 16.4. The molecule has 6 nitrogen and oxygen atoms in total. The zero-order valence-corrected chi connectivity index (χ0v) is 14.5. The Morgan fingerprint density at radius 1 is 1.17 bits per heavy atom. The average Bonchev–Trinajstić information content (AvgIpc) is 3.10. The molecule has 5 N–H and O–H groups in total. The lowest BCUT2D eigenvalue weighted by atomic mass is 9.91. The third kappa shape index (κ3) is 7.01. The molecule has 6 heteroatoms. The van der Waals surface area contributed by atoms with Crippen LogP contribution in [-0.4, -0.2) is 39.2 Å². The number of hydrogen-bond acceptors (Lipinski definition) is 4. The maximum atomic E-state index is 10.3. The van der Waals surface area contributed by atoms with E-state index in [4.69, 9.17) is 10.8 Å². The van der Waals surface area contributed by atoms with Crippen molar-refractivity contribution in [3.63, 3.8) is 0 Å². The van der Waals surface area contributed by atoms with Crippen molar-refractivity contribution in [1.29, 1.82) is 0 Å². The Labute approximate surface area is 144 Å². The van der Waals surface area contributed by atoms with Crippen LogP contribution >= 0.6 is 0 Å². The molecule has 1 unspecified atom stereocenters. The van der Waals surface area contributed by atoms with Crippen LogP contribution in [0.4, 0.5) is 0 Å². The smallest absolute Gasteiger partial charge is 0.320 e. The molecule has 1 atom stereocenters. The molecule has 2 fully saturated rings. The molecule has 24 heavy (non-hydrogen) atoms. The summed E-state index contributed by atoms with van der Waals surface area (Å²) < 4.78 is 0. The van der Waals surface area contributed by atoms with Gasteiger partial charge in [-0.05, 0) is 25.7 Å². The molecule has 0 aliphatic heterocycles. The third-order valence-electron chi connectivity index (χ3n) is 4.99. The molecular weight excluding hydrogens is 304 g/mol. The lowest BCUT2D eigenvalue weighted by Crippen LogP contribution is -2.40. The zero-order valence-electron chi connectivity index (χ0n) is 14.5. The minimum atomic E-state index is -1.00. The van der Waals surface area contributed by atoms with Crippen LogP contribution in [0.15, 0.2) is 12.5 Å². The normalized spacial score (nSPS) is 20.9. The molecule has 2 saturated carbocycles. The molecule has 0 radical (unpaired) electrons. The number of nitrogens with zero attached hydrogens (tertiary/aromatic N) is 1. The number of nitrogens with two attached hydrogens (primary N) is 1. The Balaban J connectivity index is 0.000000177. The molecule has 0 bridgehead atoms. The number of imidazole rings is 1. The summed E-state index contributed by atoms with van der Waals surface area (Å²) in [5, 5.41) is 12.3. The van der Waals surface area contributed by atoms with E-state index < -0.39 is 12.0 Å². The highest BCUT2D eigenvalue weighted by Gasteiger charge is 2.19. The molecule has 1 heterocycles. The lowest BCUT2D eigenvalue weighted by Gasteiger charge is -2.30. The van der Waals surface area contributed by atoms with Crippen LogP contribution in [0.2, 0.25) is 0 Å². The number of carbonyl (C=O) groups is 1. The summed E-state index contributed by atoms with van der Waals surface area (Å²) in [7, 11) is 0.